The van der Waals surface area contributed by atoms with Crippen molar-refractivity contribution in [1.82, 2.24) is 14.9 Å². The van der Waals surface area contributed by atoms with Gasteiger partial charge in [0.1, 0.15) is 0 Å². The van der Waals surface area contributed by atoms with E-state index in [4.69, 9.17) is 0 Å². The van der Waals surface area contributed by atoms with Crippen LogP contribution in [0.4, 0.5) is 0 Å². The highest BCUT2D eigenvalue weighted by Gasteiger charge is 2.27. The average molecular weight is 393 g/mol. The van der Waals surface area contributed by atoms with E-state index in [1.807, 2.05) is 25.3 Å². The average Bonchev–Trinajstić information content (AvgIpc) is 3.45. The summed E-state index contributed by atoms with van der Waals surface area (Å²) in [7, 11) is 0.415. The molecule has 0 amide bonds. The second-order valence-electron chi connectivity index (χ2n) is 7.00. The Morgan fingerprint density at radius 1 is 1.26 bits per heavy atom. The van der Waals surface area contributed by atoms with Gasteiger partial charge in [-0.3, -0.25) is 4.99 Å². The van der Waals surface area contributed by atoms with Crippen LogP contribution in [0.15, 0.2) is 46.8 Å². The Hall–Kier alpha value is -1.86. The summed E-state index contributed by atoms with van der Waals surface area (Å²) >= 11 is 0. The van der Waals surface area contributed by atoms with Crippen LogP contribution < -0.4 is 10.0 Å². The lowest BCUT2D eigenvalue weighted by molar-refractivity contribution is 0.455. The number of hydrogen-bond donors (Lipinski definition) is 2. The van der Waals surface area contributed by atoms with Gasteiger partial charge in [0.25, 0.3) is 0 Å². The number of sulfonamides is 1. The summed E-state index contributed by atoms with van der Waals surface area (Å²) in [5.74, 6) is 0.839. The number of guanidine groups is 1. The highest BCUT2D eigenvalue weighted by Crippen LogP contribution is 2.22. The zero-order valence-corrected chi connectivity index (χ0v) is 17.3. The molecule has 0 radical (unpaired) electrons. The highest BCUT2D eigenvalue weighted by molar-refractivity contribution is 7.89. The van der Waals surface area contributed by atoms with Gasteiger partial charge in [0.05, 0.1) is 4.90 Å². The third kappa shape index (κ3) is 7.34. The molecule has 0 heterocycles. The van der Waals surface area contributed by atoms with Crippen molar-refractivity contribution in [3.8, 4) is 0 Å². The van der Waals surface area contributed by atoms with Crippen LogP contribution in [0.1, 0.15) is 44.1 Å². The normalized spacial score (nSPS) is 14.8. The Bertz CT molecular complexity index is 725. The molecule has 2 N–H and O–H groups in total. The third-order valence-corrected chi connectivity index (χ3v) is 6.09. The van der Waals surface area contributed by atoms with E-state index >= 15 is 0 Å². The number of nitrogens with one attached hydrogen (secondary N) is 2. The molecule has 0 spiro atoms. The van der Waals surface area contributed by atoms with Crippen LogP contribution in [-0.2, 0) is 16.6 Å². The van der Waals surface area contributed by atoms with Crippen molar-refractivity contribution in [3.63, 3.8) is 0 Å². The molecule has 1 fully saturated rings. The Morgan fingerprint density at radius 3 is 2.56 bits per heavy atom. The zero-order valence-electron chi connectivity index (χ0n) is 16.4. The van der Waals surface area contributed by atoms with E-state index in [0.29, 0.717) is 11.4 Å². The summed E-state index contributed by atoms with van der Waals surface area (Å²) in [4.78, 5) is 6.76. The zero-order chi connectivity index (χ0) is 19.7. The lowest BCUT2D eigenvalue weighted by Crippen LogP contribution is -2.39. The van der Waals surface area contributed by atoms with E-state index in [1.54, 1.807) is 19.2 Å². The molecule has 1 saturated carbocycles. The predicted octanol–water partition coefficient (Wildman–Crippen LogP) is 2.88. The van der Waals surface area contributed by atoms with E-state index in [0.717, 1.165) is 43.8 Å². The monoisotopic (exact) mass is 392 g/mol. The maximum absolute atomic E-state index is 12.2. The molecule has 0 unspecified atom stereocenters. The molecule has 7 heteroatoms. The lowest BCUT2D eigenvalue weighted by Gasteiger charge is -2.22. The predicted molar refractivity (Wildman–Crippen MR) is 111 cm³/mol. The molecule has 1 aliphatic rings. The summed E-state index contributed by atoms with van der Waals surface area (Å²) < 4.78 is 27.1. The van der Waals surface area contributed by atoms with Gasteiger partial charge in [0.15, 0.2) is 5.96 Å². The van der Waals surface area contributed by atoms with Gasteiger partial charge in [0, 0.05) is 33.2 Å². The largest absolute Gasteiger partial charge is 0.352 e. The van der Waals surface area contributed by atoms with Crippen molar-refractivity contribution < 1.29 is 8.42 Å². The first kappa shape index (κ1) is 21.4. The summed E-state index contributed by atoms with van der Waals surface area (Å²) in [6.07, 6.45) is 8.36. The maximum atomic E-state index is 12.2. The minimum absolute atomic E-state index is 0.118. The van der Waals surface area contributed by atoms with Gasteiger partial charge in [0.2, 0.25) is 10.0 Å². The standard InChI is InChI=1S/C20H32N4O2S/c1-4-5-6-7-8-15-24(3)20(21-2)22-16-17-9-13-19(14-10-17)27(25,26)23-18-11-12-18/h4,9-10,13-14,18,23H,1,5-8,11-12,15-16H2,2-3H3,(H,21,22). The van der Waals surface area contributed by atoms with Gasteiger partial charge < -0.3 is 10.2 Å². The molecule has 1 aromatic rings. The molecule has 150 valence electrons. The number of unbranched alkanes of at least 4 members (excludes halogenated alkanes) is 3. The fraction of sp³-hybridized carbons (Fsp3) is 0.550. The molecule has 0 aromatic heterocycles. The van der Waals surface area contributed by atoms with Crippen LogP contribution in [0.3, 0.4) is 0 Å². The second kappa shape index (κ2) is 10.5. The van der Waals surface area contributed by atoms with Crippen LogP contribution in [0, 0.1) is 0 Å². The Balaban J connectivity index is 1.80. The van der Waals surface area contributed by atoms with Crippen LogP contribution in [0.25, 0.3) is 0 Å². The SMILES string of the molecule is C=CCCCCCN(C)C(=NC)NCc1ccc(S(=O)(=O)NC2CC2)cc1. The molecule has 6 nitrogen and oxygen atoms in total. The Kier molecular flexibility index (Phi) is 8.31. The number of hydrogen-bond acceptors (Lipinski definition) is 3. The first-order valence-corrected chi connectivity index (χ1v) is 11.1. The van der Waals surface area contributed by atoms with Gasteiger partial charge in [-0.25, -0.2) is 13.1 Å². The molecule has 1 aromatic carbocycles. The quantitative estimate of drug-likeness (QED) is 0.263. The summed E-state index contributed by atoms with van der Waals surface area (Å²) in [6.45, 7) is 5.29. The van der Waals surface area contributed by atoms with Gasteiger partial charge in [-0.2, -0.15) is 0 Å². The lowest BCUT2D eigenvalue weighted by atomic mass is 10.2. The second-order valence-corrected chi connectivity index (χ2v) is 8.71. The third-order valence-electron chi connectivity index (χ3n) is 4.56. The molecule has 0 saturated heterocycles. The number of benzene rings is 1. The first-order chi connectivity index (χ1) is 13.0. The van der Waals surface area contributed by atoms with Crippen molar-refractivity contribution in [1.29, 1.82) is 0 Å². The molecular formula is C20H32N4O2S. The van der Waals surface area contributed by atoms with Crippen molar-refractivity contribution in [2.24, 2.45) is 4.99 Å². The summed E-state index contributed by atoms with van der Waals surface area (Å²) in [5, 5.41) is 3.33. The van der Waals surface area contributed by atoms with Crippen LogP contribution >= 0.6 is 0 Å². The van der Waals surface area contributed by atoms with Crippen molar-refractivity contribution >= 4 is 16.0 Å². The van der Waals surface area contributed by atoms with E-state index in [1.165, 1.54) is 12.8 Å². The van der Waals surface area contributed by atoms with Gasteiger partial charge in [-0.1, -0.05) is 24.6 Å². The summed E-state index contributed by atoms with van der Waals surface area (Å²) in [6, 6.07) is 7.13. The topological polar surface area (TPSA) is 73.8 Å². The van der Waals surface area contributed by atoms with Crippen molar-refractivity contribution in [2.45, 2.75) is 56.0 Å². The molecular weight excluding hydrogens is 360 g/mol. The molecule has 27 heavy (non-hydrogen) atoms. The molecule has 2 rings (SSSR count). The highest BCUT2D eigenvalue weighted by atomic mass is 32.2. The van der Waals surface area contributed by atoms with Gasteiger partial charge in [-0.15, -0.1) is 6.58 Å². The Labute approximate surface area is 163 Å². The minimum atomic E-state index is -3.39. The van der Waals surface area contributed by atoms with E-state index in [9.17, 15) is 8.42 Å². The smallest absolute Gasteiger partial charge is 0.240 e. The van der Waals surface area contributed by atoms with Crippen LogP contribution in [-0.4, -0.2) is 46.0 Å². The fourth-order valence-electron chi connectivity index (χ4n) is 2.76. The maximum Gasteiger partial charge on any atom is 0.240 e. The number of aliphatic imine (C=N–C) groups is 1. The minimum Gasteiger partial charge on any atom is -0.352 e. The van der Waals surface area contributed by atoms with Gasteiger partial charge in [-0.05, 0) is 49.8 Å². The van der Waals surface area contributed by atoms with Crippen molar-refractivity contribution in [2.75, 3.05) is 20.6 Å². The molecule has 0 aliphatic heterocycles. The number of allylic oxidation sites excluding steroid dienone is 1. The van der Waals surface area contributed by atoms with Gasteiger partial charge >= 0.3 is 0 Å². The Morgan fingerprint density at radius 2 is 1.96 bits per heavy atom. The van der Waals surface area contributed by atoms with E-state index in [2.05, 4.69) is 26.5 Å². The molecule has 1 aliphatic carbocycles. The van der Waals surface area contributed by atoms with Crippen molar-refractivity contribution in [3.05, 3.63) is 42.5 Å². The summed E-state index contributed by atoms with van der Waals surface area (Å²) in [5.41, 5.74) is 1.01. The number of rotatable bonds is 11. The fourth-order valence-corrected chi connectivity index (χ4v) is 4.07. The molecule has 0 bridgehead atoms. The van der Waals surface area contributed by atoms with E-state index in [-0.39, 0.29) is 6.04 Å². The first-order valence-electron chi connectivity index (χ1n) is 9.60. The van der Waals surface area contributed by atoms with Crippen LogP contribution in [0.5, 0.6) is 0 Å². The number of nitrogens with zero attached hydrogens (tertiary/aromatic N) is 2. The van der Waals surface area contributed by atoms with E-state index < -0.39 is 10.0 Å². The molecule has 0 atom stereocenters. The van der Waals surface area contributed by atoms with Crippen LogP contribution in [0.2, 0.25) is 0 Å².